The molecule has 2 aromatic heterocycles. The molecule has 11 heteroatoms. The SMILES string of the molecule is O=C1CC(=O)/C(=C/c2ccnc(CC3CCC(NCc4cccnc4-c4cccc(OC(F)(F)F)c4)CC3)n2)S1. The number of nitrogens with one attached hydrogen (secondary N) is 1. The quantitative estimate of drug-likeness (QED) is 0.265. The highest BCUT2D eigenvalue weighted by Crippen LogP contribution is 2.32. The number of halogens is 3. The molecule has 0 spiro atoms. The summed E-state index contributed by atoms with van der Waals surface area (Å²) < 4.78 is 42.1. The standard InChI is InChI=1S/C29H27F3N4O3S/c30-29(31,32)39-23-5-1-3-19(14-23)28-20(4-2-11-34-28)17-35-21-8-6-18(7-9-21)13-26-33-12-10-22(36-26)15-25-24(37)16-27(38)40-25/h1-5,10-12,14-15,18,21,35H,6-9,13,16-17H2/b25-15-. The lowest BCUT2D eigenvalue weighted by molar-refractivity contribution is -0.274. The van der Waals surface area contributed by atoms with Crippen LogP contribution in [0.15, 0.2) is 59.8 Å². The van der Waals surface area contributed by atoms with Gasteiger partial charge in [0, 0.05) is 37.0 Å². The lowest BCUT2D eigenvalue weighted by Gasteiger charge is -2.29. The van der Waals surface area contributed by atoms with Crippen LogP contribution in [0.5, 0.6) is 5.75 Å². The molecule has 0 radical (unpaired) electrons. The van der Waals surface area contributed by atoms with Crippen molar-refractivity contribution in [1.29, 1.82) is 0 Å². The minimum absolute atomic E-state index is 0.0576. The number of ketones is 1. The van der Waals surface area contributed by atoms with Crippen LogP contribution in [0.2, 0.25) is 0 Å². The van der Waals surface area contributed by atoms with Crippen molar-refractivity contribution >= 4 is 28.7 Å². The molecule has 1 N–H and O–H groups in total. The van der Waals surface area contributed by atoms with Crippen molar-refractivity contribution in [3.8, 4) is 17.0 Å². The molecule has 2 fully saturated rings. The Balaban J connectivity index is 1.15. The Morgan fingerprint density at radius 3 is 2.60 bits per heavy atom. The molecule has 0 unspecified atom stereocenters. The normalized spacial score (nSPS) is 20.7. The number of hydrogen-bond donors (Lipinski definition) is 1. The van der Waals surface area contributed by atoms with E-state index in [-0.39, 0.29) is 23.1 Å². The number of allylic oxidation sites excluding steroid dienone is 1. The Morgan fingerprint density at radius 2 is 1.85 bits per heavy atom. The summed E-state index contributed by atoms with van der Waals surface area (Å²) in [7, 11) is 0. The molecular weight excluding hydrogens is 541 g/mol. The molecule has 3 heterocycles. The van der Waals surface area contributed by atoms with Gasteiger partial charge in [-0.3, -0.25) is 14.6 Å². The molecule has 208 valence electrons. The van der Waals surface area contributed by atoms with E-state index >= 15 is 0 Å². The molecule has 1 aromatic carbocycles. The van der Waals surface area contributed by atoms with Gasteiger partial charge in [-0.15, -0.1) is 13.2 Å². The number of hydrogen-bond acceptors (Lipinski definition) is 8. The second-order valence-corrected chi connectivity index (χ2v) is 11.0. The van der Waals surface area contributed by atoms with Crippen LogP contribution in [0.1, 0.15) is 49.2 Å². The van der Waals surface area contributed by atoms with Gasteiger partial charge in [0.1, 0.15) is 11.6 Å². The minimum Gasteiger partial charge on any atom is -0.406 e. The molecule has 3 aromatic rings. The van der Waals surface area contributed by atoms with Gasteiger partial charge in [-0.2, -0.15) is 0 Å². The van der Waals surface area contributed by atoms with E-state index in [9.17, 15) is 22.8 Å². The Hall–Kier alpha value is -3.57. The Kier molecular flexibility index (Phi) is 8.60. The van der Waals surface area contributed by atoms with Gasteiger partial charge >= 0.3 is 6.36 Å². The minimum atomic E-state index is -4.75. The number of ether oxygens (including phenoxy) is 1. The summed E-state index contributed by atoms with van der Waals surface area (Å²) in [6.45, 7) is 0.544. The highest BCUT2D eigenvalue weighted by Gasteiger charge is 2.31. The first-order chi connectivity index (χ1) is 19.2. The van der Waals surface area contributed by atoms with Gasteiger partial charge in [0.2, 0.25) is 5.12 Å². The fourth-order valence-electron chi connectivity index (χ4n) is 5.04. The van der Waals surface area contributed by atoms with E-state index in [0.717, 1.165) is 55.3 Å². The third-order valence-corrected chi connectivity index (χ3v) is 7.88. The molecule has 1 saturated carbocycles. The van der Waals surface area contributed by atoms with E-state index in [1.165, 1.54) is 18.2 Å². The maximum Gasteiger partial charge on any atom is 0.573 e. The van der Waals surface area contributed by atoms with Crippen LogP contribution in [0.25, 0.3) is 17.3 Å². The maximum absolute atomic E-state index is 12.7. The van der Waals surface area contributed by atoms with Gasteiger partial charge in [-0.1, -0.05) is 18.2 Å². The first-order valence-corrected chi connectivity index (χ1v) is 13.8. The Labute approximate surface area is 233 Å². The number of rotatable bonds is 8. The van der Waals surface area contributed by atoms with Gasteiger partial charge < -0.3 is 10.1 Å². The van der Waals surface area contributed by atoms with E-state index in [1.54, 1.807) is 30.6 Å². The summed E-state index contributed by atoms with van der Waals surface area (Å²) in [5.74, 6) is 0.725. The van der Waals surface area contributed by atoms with Crippen molar-refractivity contribution in [2.75, 3.05) is 0 Å². The number of thioether (sulfide) groups is 1. The van der Waals surface area contributed by atoms with E-state index in [4.69, 9.17) is 0 Å². The van der Waals surface area contributed by atoms with Crippen LogP contribution in [-0.4, -0.2) is 38.3 Å². The number of nitrogens with zero attached hydrogens (tertiary/aromatic N) is 3. The molecule has 5 rings (SSSR count). The zero-order valence-corrected chi connectivity index (χ0v) is 22.3. The summed E-state index contributed by atoms with van der Waals surface area (Å²) in [4.78, 5) is 37.3. The van der Waals surface area contributed by atoms with Crippen molar-refractivity contribution < 1.29 is 27.5 Å². The van der Waals surface area contributed by atoms with Gasteiger partial charge in [-0.05, 0) is 79.3 Å². The van der Waals surface area contributed by atoms with Crippen LogP contribution >= 0.6 is 11.8 Å². The predicted octanol–water partition coefficient (Wildman–Crippen LogP) is 5.90. The topological polar surface area (TPSA) is 94.1 Å². The summed E-state index contributed by atoms with van der Waals surface area (Å²) in [6.07, 6.45) is 4.87. The first kappa shape index (κ1) is 28.0. The van der Waals surface area contributed by atoms with Crippen molar-refractivity contribution in [1.82, 2.24) is 20.3 Å². The third kappa shape index (κ3) is 7.54. The molecule has 7 nitrogen and oxygen atoms in total. The number of carbonyl (C=O) groups excluding carboxylic acids is 2. The van der Waals surface area contributed by atoms with Gasteiger partial charge in [0.15, 0.2) is 5.78 Å². The maximum atomic E-state index is 12.7. The number of benzene rings is 1. The van der Waals surface area contributed by atoms with Gasteiger partial charge in [0.25, 0.3) is 0 Å². The van der Waals surface area contributed by atoms with Crippen molar-refractivity contribution in [2.45, 2.75) is 57.5 Å². The zero-order valence-electron chi connectivity index (χ0n) is 21.5. The summed E-state index contributed by atoms with van der Waals surface area (Å²) >= 11 is 0.970. The average molecular weight is 569 g/mol. The van der Waals surface area contributed by atoms with Crippen molar-refractivity contribution in [3.05, 3.63) is 76.8 Å². The molecule has 2 aliphatic rings. The average Bonchev–Trinajstić information content (AvgIpc) is 3.24. The third-order valence-electron chi connectivity index (χ3n) is 6.94. The van der Waals surface area contributed by atoms with Gasteiger partial charge in [0.05, 0.1) is 22.7 Å². The summed E-state index contributed by atoms with van der Waals surface area (Å²) in [6, 6.07) is 11.6. The first-order valence-electron chi connectivity index (χ1n) is 13.0. The van der Waals surface area contributed by atoms with Crippen LogP contribution in [0.3, 0.4) is 0 Å². The van der Waals surface area contributed by atoms with Gasteiger partial charge in [-0.25, -0.2) is 9.97 Å². The number of carbonyl (C=O) groups is 2. The second kappa shape index (κ2) is 12.3. The highest BCUT2D eigenvalue weighted by molar-refractivity contribution is 8.18. The van der Waals surface area contributed by atoms with Crippen molar-refractivity contribution in [2.24, 2.45) is 5.92 Å². The molecule has 40 heavy (non-hydrogen) atoms. The van der Waals surface area contributed by atoms with Crippen LogP contribution in [-0.2, 0) is 22.6 Å². The molecular formula is C29H27F3N4O3S. The number of alkyl halides is 3. The molecule has 1 aliphatic heterocycles. The lowest BCUT2D eigenvalue weighted by Crippen LogP contribution is -2.33. The zero-order chi connectivity index (χ0) is 28.1. The fourth-order valence-corrected chi connectivity index (χ4v) is 5.85. The monoisotopic (exact) mass is 568 g/mol. The molecule has 1 aliphatic carbocycles. The molecule has 1 saturated heterocycles. The Bertz CT molecular complexity index is 1420. The van der Waals surface area contributed by atoms with E-state index in [0.29, 0.717) is 40.4 Å². The largest absolute Gasteiger partial charge is 0.573 e. The smallest absolute Gasteiger partial charge is 0.406 e. The summed E-state index contributed by atoms with van der Waals surface area (Å²) in [5.41, 5.74) is 2.70. The number of pyridine rings is 1. The Morgan fingerprint density at radius 1 is 1.02 bits per heavy atom. The van der Waals surface area contributed by atoms with Crippen LogP contribution in [0.4, 0.5) is 13.2 Å². The number of aromatic nitrogens is 3. The predicted molar refractivity (Wildman–Crippen MR) is 145 cm³/mol. The summed E-state index contributed by atoms with van der Waals surface area (Å²) in [5, 5.41) is 3.45. The molecule has 0 bridgehead atoms. The number of Topliss-reactive ketones (excluding diaryl/α,β-unsaturated/α-hetero) is 1. The molecule has 0 atom stereocenters. The van der Waals surface area contributed by atoms with E-state index < -0.39 is 6.36 Å². The van der Waals surface area contributed by atoms with E-state index in [2.05, 4.69) is 25.0 Å². The van der Waals surface area contributed by atoms with Crippen LogP contribution in [0, 0.1) is 5.92 Å². The highest BCUT2D eigenvalue weighted by atomic mass is 32.2. The van der Waals surface area contributed by atoms with E-state index in [1.807, 2.05) is 12.1 Å². The molecule has 0 amide bonds. The fraction of sp³-hybridized carbons (Fsp3) is 0.345. The van der Waals surface area contributed by atoms with Crippen molar-refractivity contribution in [3.63, 3.8) is 0 Å². The van der Waals surface area contributed by atoms with Crippen LogP contribution < -0.4 is 10.1 Å². The second-order valence-electron chi connectivity index (χ2n) is 9.87. The lowest BCUT2D eigenvalue weighted by atomic mass is 9.84.